The van der Waals surface area contributed by atoms with Gasteiger partial charge in [0, 0.05) is 25.5 Å². The SMILES string of the molecule is COC1CC2CC(=NOCCN)CC[C@]2(C)[C@@H]2CC[C@]3(C)C(=O)CC[C@H]3[C@H]12. The summed E-state index contributed by atoms with van der Waals surface area (Å²) in [6, 6.07) is 0. The van der Waals surface area contributed by atoms with Crippen LogP contribution in [0, 0.1) is 34.5 Å². The van der Waals surface area contributed by atoms with Gasteiger partial charge in [-0.1, -0.05) is 19.0 Å². The van der Waals surface area contributed by atoms with Crippen LogP contribution in [0.3, 0.4) is 0 Å². The van der Waals surface area contributed by atoms with Crippen LogP contribution >= 0.6 is 0 Å². The summed E-state index contributed by atoms with van der Waals surface area (Å²) in [4.78, 5) is 18.0. The van der Waals surface area contributed by atoms with E-state index in [1.54, 1.807) is 0 Å². The van der Waals surface area contributed by atoms with E-state index in [2.05, 4.69) is 19.0 Å². The van der Waals surface area contributed by atoms with Crippen LogP contribution in [0.25, 0.3) is 0 Å². The average Bonchev–Trinajstić information content (AvgIpc) is 2.96. The smallest absolute Gasteiger partial charge is 0.139 e. The second-order valence-corrected chi connectivity index (χ2v) is 9.90. The lowest BCUT2D eigenvalue weighted by Gasteiger charge is -2.61. The second kappa shape index (κ2) is 7.14. The molecule has 4 aliphatic rings. The van der Waals surface area contributed by atoms with E-state index >= 15 is 0 Å². The maximum Gasteiger partial charge on any atom is 0.139 e. The minimum atomic E-state index is -0.0987. The third kappa shape index (κ3) is 2.96. The Balaban J connectivity index is 1.59. The fraction of sp³-hybridized carbons (Fsp3) is 0.909. The molecule has 0 aromatic rings. The van der Waals surface area contributed by atoms with Crippen molar-refractivity contribution in [3.8, 4) is 0 Å². The van der Waals surface area contributed by atoms with Gasteiger partial charge in [0.25, 0.3) is 0 Å². The van der Waals surface area contributed by atoms with Gasteiger partial charge in [0.1, 0.15) is 12.4 Å². The summed E-state index contributed by atoms with van der Waals surface area (Å²) >= 11 is 0. The number of oxime groups is 1. The number of hydrogen-bond donors (Lipinski definition) is 1. The number of nitrogens with zero attached hydrogens (tertiary/aromatic N) is 1. The van der Waals surface area contributed by atoms with Crippen LogP contribution < -0.4 is 5.73 Å². The van der Waals surface area contributed by atoms with Gasteiger partial charge in [0.05, 0.1) is 11.8 Å². The van der Waals surface area contributed by atoms with Crippen molar-refractivity contribution in [3.05, 3.63) is 0 Å². The quantitative estimate of drug-likeness (QED) is 0.601. The maximum atomic E-state index is 12.7. The molecule has 152 valence electrons. The molecular weight excluding hydrogens is 340 g/mol. The number of Topliss-reactive ketones (excluding diaryl/α,β-unsaturated/α-hetero) is 1. The van der Waals surface area contributed by atoms with Crippen LogP contribution in [-0.2, 0) is 14.4 Å². The molecule has 0 aromatic carbocycles. The average molecular weight is 377 g/mol. The van der Waals surface area contributed by atoms with E-state index in [9.17, 15) is 4.79 Å². The molecular formula is C22H36N2O3. The molecule has 0 saturated heterocycles. The molecule has 27 heavy (non-hydrogen) atoms. The molecule has 5 nitrogen and oxygen atoms in total. The molecule has 4 rings (SSSR count). The van der Waals surface area contributed by atoms with E-state index in [4.69, 9.17) is 15.3 Å². The number of ether oxygens (including phenoxy) is 1. The lowest BCUT2D eigenvalue weighted by atomic mass is 9.44. The van der Waals surface area contributed by atoms with Crippen molar-refractivity contribution in [3.63, 3.8) is 0 Å². The Labute approximate surface area is 163 Å². The Kier molecular flexibility index (Phi) is 5.13. The van der Waals surface area contributed by atoms with Crippen LogP contribution in [-0.4, -0.2) is 37.9 Å². The molecule has 2 N–H and O–H groups in total. The topological polar surface area (TPSA) is 73.9 Å². The monoisotopic (exact) mass is 376 g/mol. The predicted octanol–water partition coefficient (Wildman–Crippen LogP) is 3.55. The minimum absolute atomic E-state index is 0.0987. The molecule has 0 aromatic heterocycles. The third-order valence-electron chi connectivity index (χ3n) is 8.91. The number of carbonyl (C=O) groups excluding carboxylic acids is 1. The van der Waals surface area contributed by atoms with Gasteiger partial charge in [-0.15, -0.1) is 0 Å². The van der Waals surface area contributed by atoms with Crippen LogP contribution in [0.15, 0.2) is 5.16 Å². The highest BCUT2D eigenvalue weighted by atomic mass is 16.6. The molecule has 4 fully saturated rings. The normalized spacial score (nSPS) is 48.1. The van der Waals surface area contributed by atoms with Gasteiger partial charge in [-0.25, -0.2) is 0 Å². The third-order valence-corrected chi connectivity index (χ3v) is 8.91. The lowest BCUT2D eigenvalue weighted by Crippen LogP contribution is -2.58. The summed E-state index contributed by atoms with van der Waals surface area (Å²) in [5, 5.41) is 4.38. The zero-order chi connectivity index (χ0) is 19.2. The molecule has 4 aliphatic carbocycles. The molecule has 4 saturated carbocycles. The highest BCUT2D eigenvalue weighted by Crippen LogP contribution is 2.65. The van der Waals surface area contributed by atoms with Crippen molar-refractivity contribution in [1.29, 1.82) is 0 Å². The van der Waals surface area contributed by atoms with E-state index in [0.717, 1.165) is 38.5 Å². The summed E-state index contributed by atoms with van der Waals surface area (Å²) in [6.07, 6.45) is 8.66. The highest BCUT2D eigenvalue weighted by Gasteiger charge is 2.62. The summed E-state index contributed by atoms with van der Waals surface area (Å²) in [7, 11) is 1.87. The van der Waals surface area contributed by atoms with Crippen molar-refractivity contribution < 1.29 is 14.4 Å². The van der Waals surface area contributed by atoms with Crippen LogP contribution in [0.2, 0.25) is 0 Å². The number of ketones is 1. The van der Waals surface area contributed by atoms with E-state index in [-0.39, 0.29) is 11.5 Å². The Morgan fingerprint density at radius 2 is 2.00 bits per heavy atom. The Morgan fingerprint density at radius 1 is 1.19 bits per heavy atom. The maximum absolute atomic E-state index is 12.7. The van der Waals surface area contributed by atoms with Gasteiger partial charge in [-0.05, 0) is 74.0 Å². The van der Waals surface area contributed by atoms with Gasteiger partial charge in [0.2, 0.25) is 0 Å². The summed E-state index contributed by atoms with van der Waals surface area (Å²) in [5.41, 5.74) is 6.93. The molecule has 5 heteroatoms. The first kappa shape index (κ1) is 19.4. The van der Waals surface area contributed by atoms with Gasteiger partial charge in [-0.2, -0.15) is 0 Å². The van der Waals surface area contributed by atoms with Crippen molar-refractivity contribution >= 4 is 11.5 Å². The minimum Gasteiger partial charge on any atom is -0.395 e. The van der Waals surface area contributed by atoms with E-state index in [1.165, 1.54) is 18.6 Å². The number of carbonyl (C=O) groups is 1. The van der Waals surface area contributed by atoms with E-state index in [1.807, 2.05) is 7.11 Å². The molecule has 0 amide bonds. The summed E-state index contributed by atoms with van der Waals surface area (Å²) in [5.74, 6) is 2.81. The number of nitrogens with two attached hydrogens (primary N) is 1. The van der Waals surface area contributed by atoms with Crippen LogP contribution in [0.4, 0.5) is 0 Å². The van der Waals surface area contributed by atoms with E-state index < -0.39 is 0 Å². The molecule has 0 aliphatic heterocycles. The van der Waals surface area contributed by atoms with Crippen molar-refractivity contribution in [2.24, 2.45) is 45.4 Å². The van der Waals surface area contributed by atoms with Crippen LogP contribution in [0.1, 0.15) is 65.2 Å². The van der Waals surface area contributed by atoms with E-state index in [0.29, 0.717) is 48.0 Å². The molecule has 0 spiro atoms. The molecule has 7 atom stereocenters. The zero-order valence-electron chi connectivity index (χ0n) is 17.2. The Morgan fingerprint density at radius 3 is 2.74 bits per heavy atom. The van der Waals surface area contributed by atoms with Gasteiger partial charge >= 0.3 is 0 Å². The summed E-state index contributed by atoms with van der Waals surface area (Å²) < 4.78 is 6.08. The Bertz CT molecular complexity index is 621. The summed E-state index contributed by atoms with van der Waals surface area (Å²) in [6.45, 7) is 5.75. The lowest BCUT2D eigenvalue weighted by molar-refractivity contribution is -0.164. The van der Waals surface area contributed by atoms with Crippen molar-refractivity contribution in [2.45, 2.75) is 71.3 Å². The first-order chi connectivity index (χ1) is 12.9. The van der Waals surface area contributed by atoms with Crippen molar-refractivity contribution in [2.75, 3.05) is 20.3 Å². The van der Waals surface area contributed by atoms with Crippen molar-refractivity contribution in [1.82, 2.24) is 0 Å². The predicted molar refractivity (Wildman–Crippen MR) is 105 cm³/mol. The number of rotatable bonds is 4. The zero-order valence-corrected chi connectivity index (χ0v) is 17.2. The van der Waals surface area contributed by atoms with Gasteiger partial charge < -0.3 is 15.3 Å². The fourth-order valence-corrected chi connectivity index (χ4v) is 7.30. The molecule has 0 bridgehead atoms. The first-order valence-electron chi connectivity index (χ1n) is 10.9. The fourth-order valence-electron chi connectivity index (χ4n) is 7.30. The highest BCUT2D eigenvalue weighted by molar-refractivity contribution is 5.87. The standard InChI is InChI=1S/C22H36N2O3/c1-21-8-6-15(24-27-11-10-23)12-14(21)13-18(26-3)20-16-4-5-19(25)22(16,2)9-7-17(20)21/h14,16-18,20H,4-13,23H2,1-3H3/t14?,16-,17+,18?,20-,21-,22-/m0/s1. The number of hydrogen-bond acceptors (Lipinski definition) is 5. The molecule has 0 heterocycles. The molecule has 0 radical (unpaired) electrons. The number of methoxy groups -OCH3 is 1. The first-order valence-corrected chi connectivity index (χ1v) is 10.9. The van der Waals surface area contributed by atoms with Crippen LogP contribution in [0.5, 0.6) is 0 Å². The number of fused-ring (bicyclic) bond motifs is 5. The van der Waals surface area contributed by atoms with Gasteiger partial charge in [-0.3, -0.25) is 4.79 Å². The second-order valence-electron chi connectivity index (χ2n) is 9.90. The largest absolute Gasteiger partial charge is 0.395 e. The van der Waals surface area contributed by atoms with Gasteiger partial charge in [0.15, 0.2) is 0 Å². The molecule has 2 unspecified atom stereocenters. The Hall–Kier alpha value is -0.940.